The number of carboxylic acids is 1. The smallest absolute Gasteiger partial charge is 0.161 e. The number of ether oxygens (including phenoxy) is 2. The lowest BCUT2D eigenvalue weighted by Crippen LogP contribution is -2.34. The summed E-state index contributed by atoms with van der Waals surface area (Å²) in [5.74, 6) is 0.812. The Labute approximate surface area is 204 Å². The predicted molar refractivity (Wildman–Crippen MR) is 129 cm³/mol. The number of carboxylic acid groups (broad SMARTS) is 1. The van der Waals surface area contributed by atoms with E-state index in [-0.39, 0.29) is 12.0 Å². The molecule has 0 saturated heterocycles. The molecule has 0 N–H and O–H groups in total. The lowest BCUT2D eigenvalue weighted by atomic mass is 9.95. The first-order valence-corrected chi connectivity index (χ1v) is 11.7. The summed E-state index contributed by atoms with van der Waals surface area (Å²) in [6.07, 6.45) is 0. The number of benzene rings is 2. The number of carbonyl (C=O) groups excluding carboxylic acids is 1. The van der Waals surface area contributed by atoms with Crippen LogP contribution in [0.2, 0.25) is 5.15 Å². The van der Waals surface area contributed by atoms with Gasteiger partial charge in [0.25, 0.3) is 0 Å². The predicted octanol–water partition coefficient (Wildman–Crippen LogP) is 3.77. The molecule has 0 spiro atoms. The largest absolute Gasteiger partial charge is 0.548 e. The van der Waals surface area contributed by atoms with Crippen molar-refractivity contribution in [2.45, 2.75) is 40.4 Å². The van der Waals surface area contributed by atoms with Crippen molar-refractivity contribution < 1.29 is 19.4 Å². The maximum Gasteiger partial charge on any atom is 0.161 e. The van der Waals surface area contributed by atoms with E-state index < -0.39 is 5.97 Å². The van der Waals surface area contributed by atoms with Crippen LogP contribution in [0.4, 0.5) is 0 Å². The maximum atomic E-state index is 11.6. The molecule has 0 radical (unpaired) electrons. The Morgan fingerprint density at radius 2 is 1.79 bits per heavy atom. The summed E-state index contributed by atoms with van der Waals surface area (Å²) in [5, 5.41) is 11.9. The van der Waals surface area contributed by atoms with Gasteiger partial charge in [0.15, 0.2) is 16.7 Å². The number of aromatic nitrogens is 2. The molecule has 0 bridgehead atoms. The van der Waals surface area contributed by atoms with Gasteiger partial charge in [-0.3, -0.25) is 4.90 Å². The molecule has 0 atom stereocenters. The van der Waals surface area contributed by atoms with E-state index >= 15 is 0 Å². The Balaban J connectivity index is 1.67. The van der Waals surface area contributed by atoms with Crippen molar-refractivity contribution in [1.82, 2.24) is 14.5 Å². The fraction of sp³-hybridized carbons (Fsp3) is 0.385. The summed E-state index contributed by atoms with van der Waals surface area (Å²) in [6.45, 7) is 9.06. The molecule has 1 aliphatic rings. The molecule has 0 aliphatic carbocycles. The Morgan fingerprint density at radius 1 is 1.09 bits per heavy atom. The van der Waals surface area contributed by atoms with E-state index in [1.165, 1.54) is 0 Å². The van der Waals surface area contributed by atoms with Gasteiger partial charge in [0, 0.05) is 25.2 Å². The van der Waals surface area contributed by atoms with Gasteiger partial charge in [-0.25, -0.2) is 4.98 Å². The van der Waals surface area contributed by atoms with Crippen LogP contribution in [0.3, 0.4) is 0 Å². The molecule has 0 unspecified atom stereocenters. The highest BCUT2D eigenvalue weighted by molar-refractivity contribution is 6.30. The van der Waals surface area contributed by atoms with E-state index in [2.05, 4.69) is 30.7 Å². The van der Waals surface area contributed by atoms with Gasteiger partial charge in [0.2, 0.25) is 0 Å². The first-order chi connectivity index (χ1) is 16.2. The van der Waals surface area contributed by atoms with Gasteiger partial charge in [0.1, 0.15) is 19.0 Å². The quantitative estimate of drug-likeness (QED) is 0.486. The minimum atomic E-state index is -1.19. The molecule has 0 amide bonds. The summed E-state index contributed by atoms with van der Waals surface area (Å²) < 4.78 is 13.0. The second kappa shape index (κ2) is 10.1. The molecule has 3 aromatic rings. The summed E-state index contributed by atoms with van der Waals surface area (Å²) >= 11 is 6.59. The van der Waals surface area contributed by atoms with E-state index in [0.717, 1.165) is 29.2 Å². The normalized spacial score (nSPS) is 13.3. The number of halogens is 1. The van der Waals surface area contributed by atoms with Crippen LogP contribution >= 0.6 is 11.6 Å². The number of nitrogens with zero attached hydrogens (tertiary/aromatic N) is 3. The van der Waals surface area contributed by atoms with Crippen molar-refractivity contribution >= 4 is 17.6 Å². The van der Waals surface area contributed by atoms with Gasteiger partial charge in [0.05, 0.1) is 18.2 Å². The van der Waals surface area contributed by atoms with E-state index in [1.54, 1.807) is 4.57 Å². The zero-order valence-electron chi connectivity index (χ0n) is 19.7. The molecule has 34 heavy (non-hydrogen) atoms. The topological polar surface area (TPSA) is 79.7 Å². The molecule has 7 nitrogen and oxygen atoms in total. The molecule has 8 heteroatoms. The molecular formula is C26H29ClN3O4-. The Kier molecular flexibility index (Phi) is 7.14. The maximum absolute atomic E-state index is 11.6. The average Bonchev–Trinajstić information content (AvgIpc) is 3.07. The third-order valence-corrected chi connectivity index (χ3v) is 5.73. The second-order valence-corrected chi connectivity index (χ2v) is 10.0. The number of aliphatic carboxylic acids is 1. The molecular weight excluding hydrogens is 454 g/mol. The van der Waals surface area contributed by atoms with Crippen molar-refractivity contribution in [1.29, 1.82) is 0 Å². The van der Waals surface area contributed by atoms with Crippen LogP contribution in [0, 0.1) is 5.41 Å². The number of fused-ring (bicyclic) bond motifs is 1. The number of hydrogen-bond acceptors (Lipinski definition) is 6. The lowest BCUT2D eigenvalue weighted by Gasteiger charge is -2.31. The number of rotatable bonds is 8. The van der Waals surface area contributed by atoms with Crippen LogP contribution in [0.25, 0.3) is 11.4 Å². The van der Waals surface area contributed by atoms with Crippen molar-refractivity contribution in [2.24, 2.45) is 5.41 Å². The molecule has 1 aromatic heterocycles. The minimum absolute atomic E-state index is 0.00175. The van der Waals surface area contributed by atoms with E-state index in [4.69, 9.17) is 21.1 Å². The van der Waals surface area contributed by atoms with Crippen molar-refractivity contribution in [3.63, 3.8) is 0 Å². The zero-order chi connectivity index (χ0) is 24.3. The van der Waals surface area contributed by atoms with Gasteiger partial charge >= 0.3 is 0 Å². The molecule has 2 aromatic carbocycles. The molecule has 1 aliphatic heterocycles. The Bertz CT molecular complexity index is 1150. The lowest BCUT2D eigenvalue weighted by molar-refractivity contribution is -0.306. The Hall–Kier alpha value is -3.03. The molecule has 2 heterocycles. The summed E-state index contributed by atoms with van der Waals surface area (Å²) in [7, 11) is 0. The van der Waals surface area contributed by atoms with Crippen LogP contribution in [0.1, 0.15) is 32.0 Å². The molecule has 180 valence electrons. The average molecular weight is 483 g/mol. The van der Waals surface area contributed by atoms with Crippen LogP contribution in [-0.4, -0.2) is 40.2 Å². The van der Waals surface area contributed by atoms with Crippen LogP contribution < -0.4 is 14.6 Å². The highest BCUT2D eigenvalue weighted by Crippen LogP contribution is 2.32. The first-order valence-electron chi connectivity index (χ1n) is 11.3. The van der Waals surface area contributed by atoms with Crippen LogP contribution in [-0.2, 0) is 24.4 Å². The monoisotopic (exact) mass is 482 g/mol. The number of hydrogen-bond donors (Lipinski definition) is 0. The zero-order valence-corrected chi connectivity index (χ0v) is 20.5. The summed E-state index contributed by atoms with van der Waals surface area (Å²) in [6, 6.07) is 15.4. The second-order valence-electron chi connectivity index (χ2n) is 9.68. The van der Waals surface area contributed by atoms with Gasteiger partial charge < -0.3 is 23.9 Å². The van der Waals surface area contributed by atoms with Gasteiger partial charge in [-0.15, -0.1) is 0 Å². The molecule has 0 fully saturated rings. The van der Waals surface area contributed by atoms with Crippen molar-refractivity contribution in [3.05, 3.63) is 64.9 Å². The van der Waals surface area contributed by atoms with Gasteiger partial charge in [-0.2, -0.15) is 0 Å². The Morgan fingerprint density at radius 3 is 2.47 bits per heavy atom. The minimum Gasteiger partial charge on any atom is -0.548 e. The SMILES string of the molecule is CC(C)(C)CN(Cc1ccc2c(c1)OCCO2)Cc1c(Cl)nc(-c2ccccc2)n1CC(=O)[O-]. The number of carbonyl (C=O) groups is 1. The van der Waals surface area contributed by atoms with Gasteiger partial charge in [-0.1, -0.05) is 68.8 Å². The highest BCUT2D eigenvalue weighted by atomic mass is 35.5. The van der Waals surface area contributed by atoms with E-state index in [9.17, 15) is 9.90 Å². The first kappa shape index (κ1) is 24.1. The molecule has 4 rings (SSSR count). The van der Waals surface area contributed by atoms with Crippen LogP contribution in [0.15, 0.2) is 48.5 Å². The third-order valence-electron chi connectivity index (χ3n) is 5.43. The summed E-state index contributed by atoms with van der Waals surface area (Å²) in [5.41, 5.74) is 2.51. The summed E-state index contributed by atoms with van der Waals surface area (Å²) in [4.78, 5) is 18.4. The fourth-order valence-electron chi connectivity index (χ4n) is 4.21. The van der Waals surface area contributed by atoms with Crippen LogP contribution in [0.5, 0.6) is 11.5 Å². The van der Waals surface area contributed by atoms with E-state index in [1.807, 2.05) is 48.5 Å². The fourth-order valence-corrected chi connectivity index (χ4v) is 4.45. The van der Waals surface area contributed by atoms with Crippen molar-refractivity contribution in [3.8, 4) is 22.9 Å². The standard InChI is InChI=1S/C26H30ClN3O4/c1-26(2,3)17-29(14-18-9-10-21-22(13-18)34-12-11-33-21)15-20-24(27)28-25(30(20)16-23(31)32)19-7-5-4-6-8-19/h4-10,13H,11-12,14-17H2,1-3H3,(H,31,32)/p-1. The van der Waals surface area contributed by atoms with Crippen molar-refractivity contribution in [2.75, 3.05) is 19.8 Å². The third kappa shape index (κ3) is 5.90. The van der Waals surface area contributed by atoms with Gasteiger partial charge in [-0.05, 0) is 23.1 Å². The highest BCUT2D eigenvalue weighted by Gasteiger charge is 2.23. The number of imidazole rings is 1. The molecule has 0 saturated carbocycles. The van der Waals surface area contributed by atoms with E-state index in [0.29, 0.717) is 43.0 Å².